The average molecular weight is 427 g/mol. The van der Waals surface area contributed by atoms with Gasteiger partial charge in [-0.15, -0.1) is 23.2 Å². The molecule has 0 unspecified atom stereocenters. The van der Waals surface area contributed by atoms with E-state index in [0.29, 0.717) is 42.8 Å². The summed E-state index contributed by atoms with van der Waals surface area (Å²) in [6.07, 6.45) is 8.07. The predicted molar refractivity (Wildman–Crippen MR) is 109 cm³/mol. The Bertz CT molecular complexity index is 735. The van der Waals surface area contributed by atoms with Crippen molar-refractivity contribution in [2.75, 3.05) is 0 Å². The molecule has 0 aromatic rings. The standard InChI is InChI=1S/C23H32Cl2O3/c1-4-19(27)28-18-6-5-15-14-11-17-22(23(17,24)25)12-13(26)7-10-21(22,3)16(14)8-9-20(15,18)2/h14-18H,4-12H2,1-3H3/t14-,15-,16-,17-,18+,20-,21+,22-/m0/s1. The summed E-state index contributed by atoms with van der Waals surface area (Å²) in [5.74, 6) is 2.24. The molecule has 0 N–H and O–H groups in total. The third-order valence-corrected chi connectivity index (χ3v) is 11.4. The second-order valence-electron chi connectivity index (χ2n) is 10.8. The number of carbonyl (C=O) groups is 2. The molecule has 0 aromatic carbocycles. The molecule has 0 heterocycles. The molecule has 28 heavy (non-hydrogen) atoms. The van der Waals surface area contributed by atoms with Gasteiger partial charge in [0.1, 0.15) is 16.2 Å². The lowest BCUT2D eigenvalue weighted by Gasteiger charge is -2.60. The maximum atomic E-state index is 12.4. The second kappa shape index (κ2) is 5.90. The van der Waals surface area contributed by atoms with Gasteiger partial charge in [0, 0.05) is 36.0 Å². The van der Waals surface area contributed by atoms with Gasteiger partial charge in [-0.2, -0.15) is 0 Å². The molecule has 8 atom stereocenters. The highest BCUT2D eigenvalue weighted by atomic mass is 35.5. The van der Waals surface area contributed by atoms with Gasteiger partial charge in [0.05, 0.1) is 0 Å². The van der Waals surface area contributed by atoms with Crippen molar-refractivity contribution in [1.82, 2.24) is 0 Å². The Balaban J connectivity index is 1.48. The van der Waals surface area contributed by atoms with E-state index in [4.69, 9.17) is 27.9 Å². The van der Waals surface area contributed by atoms with Crippen molar-refractivity contribution >= 4 is 35.0 Å². The molecular formula is C23H32Cl2O3. The first-order valence-corrected chi connectivity index (χ1v) is 12.0. The van der Waals surface area contributed by atoms with E-state index in [0.717, 1.165) is 38.5 Å². The molecule has 5 aliphatic rings. The summed E-state index contributed by atoms with van der Waals surface area (Å²) in [7, 11) is 0. The molecule has 0 bridgehead atoms. The number of ketones is 1. The fourth-order valence-corrected chi connectivity index (χ4v) is 9.98. The van der Waals surface area contributed by atoms with Crippen molar-refractivity contribution in [3.05, 3.63) is 0 Å². The van der Waals surface area contributed by atoms with Crippen LogP contribution in [0.3, 0.4) is 0 Å². The van der Waals surface area contributed by atoms with Crippen LogP contribution in [0.1, 0.15) is 78.6 Å². The zero-order chi connectivity index (χ0) is 20.1. The molecule has 156 valence electrons. The number of halogens is 2. The first-order chi connectivity index (χ1) is 13.1. The van der Waals surface area contributed by atoms with Crippen molar-refractivity contribution < 1.29 is 14.3 Å². The molecule has 0 radical (unpaired) electrons. The molecule has 0 aromatic heterocycles. The normalized spacial score (nSPS) is 53.5. The Morgan fingerprint density at radius 2 is 1.89 bits per heavy atom. The topological polar surface area (TPSA) is 43.4 Å². The fourth-order valence-electron chi connectivity index (χ4n) is 8.71. The van der Waals surface area contributed by atoms with E-state index in [1.807, 2.05) is 6.92 Å². The maximum absolute atomic E-state index is 12.4. The van der Waals surface area contributed by atoms with Crippen LogP contribution in [-0.2, 0) is 14.3 Å². The maximum Gasteiger partial charge on any atom is 0.305 e. The van der Waals surface area contributed by atoms with Crippen LogP contribution in [0.25, 0.3) is 0 Å². The summed E-state index contributed by atoms with van der Waals surface area (Å²) in [5, 5.41) is 0. The van der Waals surface area contributed by atoms with E-state index in [-0.39, 0.29) is 34.2 Å². The Hall–Kier alpha value is -0.280. The first kappa shape index (κ1) is 19.7. The lowest BCUT2D eigenvalue weighted by atomic mass is 9.44. The Labute approximate surface area is 178 Å². The van der Waals surface area contributed by atoms with Gasteiger partial charge in [-0.25, -0.2) is 0 Å². The summed E-state index contributed by atoms with van der Waals surface area (Å²) in [6, 6.07) is 0. The van der Waals surface area contributed by atoms with Crippen LogP contribution in [0.2, 0.25) is 0 Å². The highest BCUT2D eigenvalue weighted by Crippen LogP contribution is 2.87. The van der Waals surface area contributed by atoms with Crippen molar-refractivity contribution in [3.63, 3.8) is 0 Å². The van der Waals surface area contributed by atoms with E-state index in [9.17, 15) is 9.59 Å². The van der Waals surface area contributed by atoms with Crippen LogP contribution in [0.5, 0.6) is 0 Å². The monoisotopic (exact) mass is 426 g/mol. The number of rotatable bonds is 2. The smallest absolute Gasteiger partial charge is 0.305 e. The van der Waals surface area contributed by atoms with E-state index < -0.39 is 4.33 Å². The van der Waals surface area contributed by atoms with Crippen LogP contribution in [0.4, 0.5) is 0 Å². The summed E-state index contributed by atoms with van der Waals surface area (Å²) in [4.78, 5) is 24.4. The minimum absolute atomic E-state index is 0.0503. The number of hydrogen-bond acceptors (Lipinski definition) is 3. The number of hydrogen-bond donors (Lipinski definition) is 0. The van der Waals surface area contributed by atoms with Crippen LogP contribution in [-0.4, -0.2) is 22.2 Å². The molecule has 5 aliphatic carbocycles. The van der Waals surface area contributed by atoms with E-state index in [2.05, 4.69) is 13.8 Å². The molecule has 0 saturated heterocycles. The molecule has 5 heteroatoms. The summed E-state index contributed by atoms with van der Waals surface area (Å²) >= 11 is 13.9. The Kier molecular flexibility index (Phi) is 4.15. The van der Waals surface area contributed by atoms with Gasteiger partial charge < -0.3 is 4.74 Å². The van der Waals surface area contributed by atoms with Crippen molar-refractivity contribution in [2.45, 2.75) is 89.0 Å². The number of Topliss-reactive ketones (excluding diaryl/α,β-unsaturated/α-hetero) is 1. The van der Waals surface area contributed by atoms with Gasteiger partial charge in [-0.05, 0) is 61.7 Å². The lowest BCUT2D eigenvalue weighted by molar-refractivity contribution is -0.165. The molecule has 3 nitrogen and oxygen atoms in total. The van der Waals surface area contributed by atoms with Crippen LogP contribution >= 0.6 is 23.2 Å². The van der Waals surface area contributed by atoms with Crippen molar-refractivity contribution in [2.24, 2.45) is 39.9 Å². The summed E-state index contributed by atoms with van der Waals surface area (Å²) in [5.41, 5.74) is -0.0828. The predicted octanol–water partition coefficient (Wildman–Crippen LogP) is 5.70. The summed E-state index contributed by atoms with van der Waals surface area (Å²) < 4.78 is 5.15. The lowest BCUT2D eigenvalue weighted by Crippen LogP contribution is -2.55. The first-order valence-electron chi connectivity index (χ1n) is 11.2. The Morgan fingerprint density at radius 3 is 2.61 bits per heavy atom. The summed E-state index contributed by atoms with van der Waals surface area (Å²) in [6.45, 7) is 6.61. The molecule has 5 rings (SSSR count). The number of alkyl halides is 2. The van der Waals surface area contributed by atoms with E-state index in [1.165, 1.54) is 0 Å². The minimum Gasteiger partial charge on any atom is -0.462 e. The molecular weight excluding hydrogens is 395 g/mol. The minimum atomic E-state index is -0.752. The van der Waals surface area contributed by atoms with Gasteiger partial charge >= 0.3 is 5.97 Å². The number of carbonyl (C=O) groups excluding carboxylic acids is 2. The van der Waals surface area contributed by atoms with Gasteiger partial charge in [-0.3, -0.25) is 9.59 Å². The van der Waals surface area contributed by atoms with Gasteiger partial charge in [-0.1, -0.05) is 20.8 Å². The zero-order valence-electron chi connectivity index (χ0n) is 17.2. The average Bonchev–Trinajstić information content (AvgIpc) is 2.93. The molecule has 1 spiro atoms. The van der Waals surface area contributed by atoms with Gasteiger partial charge in [0.15, 0.2) is 0 Å². The largest absolute Gasteiger partial charge is 0.462 e. The zero-order valence-corrected chi connectivity index (χ0v) is 18.7. The molecule has 0 aliphatic heterocycles. The van der Waals surface area contributed by atoms with Crippen molar-refractivity contribution in [1.29, 1.82) is 0 Å². The fraction of sp³-hybridized carbons (Fsp3) is 0.913. The highest BCUT2D eigenvalue weighted by Gasteiger charge is 2.86. The third-order valence-electron chi connectivity index (χ3n) is 10.2. The highest BCUT2D eigenvalue weighted by molar-refractivity contribution is 6.52. The van der Waals surface area contributed by atoms with Crippen molar-refractivity contribution in [3.8, 4) is 0 Å². The number of ether oxygens (including phenoxy) is 1. The van der Waals surface area contributed by atoms with Gasteiger partial charge in [0.25, 0.3) is 0 Å². The van der Waals surface area contributed by atoms with Crippen LogP contribution in [0.15, 0.2) is 0 Å². The van der Waals surface area contributed by atoms with E-state index >= 15 is 0 Å². The Morgan fingerprint density at radius 1 is 1.14 bits per heavy atom. The quantitative estimate of drug-likeness (QED) is 0.419. The molecule has 0 amide bonds. The van der Waals surface area contributed by atoms with Crippen LogP contribution in [0, 0.1) is 39.9 Å². The molecule has 5 saturated carbocycles. The number of fused-ring (bicyclic) bond motifs is 4. The number of esters is 1. The van der Waals surface area contributed by atoms with Crippen LogP contribution < -0.4 is 0 Å². The molecule has 5 fully saturated rings. The second-order valence-corrected chi connectivity index (χ2v) is 12.2. The third kappa shape index (κ3) is 2.14. The SMILES string of the molecule is CCC(=O)O[C@@H]1CC[C@H]2[C@@H]3C[C@@H]4C(Cl)(Cl)[C@@]45CC(=O)CC[C@]5(C)[C@H]3CC[C@]12C. The van der Waals surface area contributed by atoms with E-state index in [1.54, 1.807) is 0 Å². The van der Waals surface area contributed by atoms with Gasteiger partial charge in [0.2, 0.25) is 0 Å².